The van der Waals surface area contributed by atoms with Gasteiger partial charge in [0.2, 0.25) is 0 Å². The van der Waals surface area contributed by atoms with Gasteiger partial charge in [0.05, 0.1) is 17.7 Å². The SMILES string of the molecule is CC1=C2NCC3C(=O)C23C2=CC(C(=O)c3cc4ccccc4[nH]3)NC2C1. The monoisotopic (exact) mass is 345 g/mol. The third-order valence-electron chi connectivity index (χ3n) is 6.59. The van der Waals surface area contributed by atoms with Crippen molar-refractivity contribution in [2.75, 3.05) is 6.54 Å². The number of hydrogen-bond acceptors (Lipinski definition) is 4. The maximum atomic E-state index is 13.1. The van der Waals surface area contributed by atoms with Crippen molar-refractivity contribution in [1.82, 2.24) is 15.6 Å². The Balaban J connectivity index is 1.39. The molecular formula is C21H19N3O2. The Labute approximate surface area is 150 Å². The second kappa shape index (κ2) is 4.54. The number of rotatable bonds is 2. The highest BCUT2D eigenvalue weighted by molar-refractivity contribution is 6.13. The smallest absolute Gasteiger partial charge is 0.199 e. The Morgan fingerprint density at radius 3 is 2.92 bits per heavy atom. The predicted octanol–water partition coefficient (Wildman–Crippen LogP) is 2.08. The number of carbonyl (C=O) groups is 2. The molecule has 5 heteroatoms. The number of Topliss-reactive ketones (excluding diaryl/α,β-unsaturated/α-hetero) is 2. The fourth-order valence-electron chi connectivity index (χ4n) is 5.38. The van der Waals surface area contributed by atoms with Crippen LogP contribution in [0.25, 0.3) is 10.9 Å². The molecule has 1 aromatic heterocycles. The van der Waals surface area contributed by atoms with Crippen LogP contribution in [-0.4, -0.2) is 35.2 Å². The second-order valence-corrected chi connectivity index (χ2v) is 7.92. The van der Waals surface area contributed by atoms with Gasteiger partial charge in [-0.1, -0.05) is 29.8 Å². The van der Waals surface area contributed by atoms with Gasteiger partial charge in [-0.25, -0.2) is 0 Å². The second-order valence-electron chi connectivity index (χ2n) is 7.92. The summed E-state index contributed by atoms with van der Waals surface area (Å²) in [6.07, 6.45) is 2.88. The topological polar surface area (TPSA) is 74.0 Å². The van der Waals surface area contributed by atoms with Gasteiger partial charge in [0.25, 0.3) is 0 Å². The summed E-state index contributed by atoms with van der Waals surface area (Å²) in [5.74, 6) is 0.418. The molecule has 0 amide bonds. The molecule has 130 valence electrons. The fourth-order valence-corrected chi connectivity index (χ4v) is 5.38. The van der Waals surface area contributed by atoms with E-state index in [9.17, 15) is 9.59 Å². The Kier molecular flexibility index (Phi) is 2.53. The standard InChI is InChI=1S/C21H19N3O2/c1-10-6-15-12(21-13(20(21)26)9-22-19(10)21)8-17(24-15)18(25)16-7-11-4-2-3-5-14(11)23-16/h2-5,7-8,13,15,17,22-24H,6,9H2,1H3. The quantitative estimate of drug-likeness (QED) is 0.576. The Morgan fingerprint density at radius 1 is 1.27 bits per heavy atom. The number of benzene rings is 1. The minimum absolute atomic E-state index is 0.0364. The molecule has 4 atom stereocenters. The number of nitrogens with one attached hydrogen (secondary N) is 3. The van der Waals surface area contributed by atoms with Crippen molar-refractivity contribution in [1.29, 1.82) is 0 Å². The summed E-state index contributed by atoms with van der Waals surface area (Å²) >= 11 is 0. The molecule has 26 heavy (non-hydrogen) atoms. The number of aromatic amines is 1. The van der Waals surface area contributed by atoms with Crippen LogP contribution in [0.1, 0.15) is 23.8 Å². The minimum Gasteiger partial charge on any atom is -0.386 e. The summed E-state index contributed by atoms with van der Waals surface area (Å²) in [7, 11) is 0. The molecule has 2 aliphatic heterocycles. The summed E-state index contributed by atoms with van der Waals surface area (Å²) in [5.41, 5.74) is 4.60. The van der Waals surface area contributed by atoms with Crippen LogP contribution in [0, 0.1) is 11.3 Å². The zero-order valence-electron chi connectivity index (χ0n) is 14.4. The molecule has 3 N–H and O–H groups in total. The van der Waals surface area contributed by atoms with E-state index in [0.29, 0.717) is 11.5 Å². The molecule has 2 fully saturated rings. The highest BCUT2D eigenvalue weighted by Crippen LogP contribution is 2.65. The molecule has 5 nitrogen and oxygen atoms in total. The summed E-state index contributed by atoms with van der Waals surface area (Å²) < 4.78 is 0. The van der Waals surface area contributed by atoms with E-state index in [1.54, 1.807) is 0 Å². The maximum absolute atomic E-state index is 13.1. The zero-order valence-corrected chi connectivity index (χ0v) is 14.4. The van der Waals surface area contributed by atoms with Crippen molar-refractivity contribution in [2.24, 2.45) is 11.3 Å². The van der Waals surface area contributed by atoms with Crippen molar-refractivity contribution in [3.63, 3.8) is 0 Å². The van der Waals surface area contributed by atoms with Gasteiger partial charge in [0, 0.05) is 29.2 Å². The van der Waals surface area contributed by atoms with E-state index in [4.69, 9.17) is 0 Å². The Bertz CT molecular complexity index is 1040. The van der Waals surface area contributed by atoms with Crippen LogP contribution < -0.4 is 10.6 Å². The lowest BCUT2D eigenvalue weighted by atomic mass is 9.78. The summed E-state index contributed by atoms with van der Waals surface area (Å²) in [6.45, 7) is 2.83. The summed E-state index contributed by atoms with van der Waals surface area (Å²) in [4.78, 5) is 28.9. The van der Waals surface area contributed by atoms with Gasteiger partial charge in [-0.3, -0.25) is 14.9 Å². The highest BCUT2D eigenvalue weighted by Gasteiger charge is 2.74. The summed E-state index contributed by atoms with van der Waals surface area (Å²) in [6, 6.07) is 9.52. The van der Waals surface area contributed by atoms with Gasteiger partial charge < -0.3 is 10.3 Å². The first-order valence-corrected chi connectivity index (χ1v) is 9.19. The number of ketones is 2. The molecule has 3 heterocycles. The van der Waals surface area contributed by atoms with Crippen molar-refractivity contribution < 1.29 is 9.59 Å². The lowest BCUT2D eigenvalue weighted by Gasteiger charge is -2.30. The zero-order chi connectivity index (χ0) is 17.6. The predicted molar refractivity (Wildman–Crippen MR) is 97.7 cm³/mol. The van der Waals surface area contributed by atoms with Crippen molar-refractivity contribution >= 4 is 22.5 Å². The molecule has 1 saturated heterocycles. The van der Waals surface area contributed by atoms with Gasteiger partial charge in [0.1, 0.15) is 5.41 Å². The first-order chi connectivity index (χ1) is 12.6. The van der Waals surface area contributed by atoms with Crippen molar-refractivity contribution in [3.05, 3.63) is 58.9 Å². The van der Waals surface area contributed by atoms with Crippen LogP contribution in [0.5, 0.6) is 0 Å². The Hall–Kier alpha value is -2.66. The largest absolute Gasteiger partial charge is 0.386 e. The van der Waals surface area contributed by atoms with E-state index in [1.807, 2.05) is 36.4 Å². The van der Waals surface area contributed by atoms with E-state index in [0.717, 1.165) is 35.1 Å². The minimum atomic E-state index is -0.449. The molecule has 1 saturated carbocycles. The first kappa shape index (κ1) is 14.5. The number of para-hydroxylation sites is 1. The van der Waals surface area contributed by atoms with E-state index in [1.165, 1.54) is 5.57 Å². The third-order valence-corrected chi connectivity index (χ3v) is 6.59. The van der Waals surface area contributed by atoms with Crippen LogP contribution in [0.2, 0.25) is 0 Å². The van der Waals surface area contributed by atoms with Crippen LogP contribution in [0.15, 0.2) is 53.3 Å². The first-order valence-electron chi connectivity index (χ1n) is 9.19. The van der Waals surface area contributed by atoms with E-state index in [2.05, 4.69) is 22.5 Å². The number of hydrogen-bond donors (Lipinski definition) is 3. The number of allylic oxidation sites excluding steroid dienone is 1. The van der Waals surface area contributed by atoms with Crippen LogP contribution in [-0.2, 0) is 4.79 Å². The summed E-state index contributed by atoms with van der Waals surface area (Å²) in [5, 5.41) is 7.95. The van der Waals surface area contributed by atoms with E-state index < -0.39 is 5.41 Å². The molecule has 6 rings (SSSR count). The third kappa shape index (κ3) is 1.56. The van der Waals surface area contributed by atoms with Gasteiger partial charge >= 0.3 is 0 Å². The van der Waals surface area contributed by atoms with Gasteiger partial charge in [-0.15, -0.1) is 0 Å². The van der Waals surface area contributed by atoms with Gasteiger partial charge in [-0.2, -0.15) is 0 Å². The molecule has 1 aromatic carbocycles. The number of fused-ring (bicyclic) bond motifs is 2. The van der Waals surface area contributed by atoms with Crippen molar-refractivity contribution in [2.45, 2.75) is 25.4 Å². The molecule has 2 aromatic rings. The van der Waals surface area contributed by atoms with E-state index >= 15 is 0 Å². The van der Waals surface area contributed by atoms with Gasteiger partial charge in [-0.05, 0) is 31.1 Å². The highest BCUT2D eigenvalue weighted by atomic mass is 16.1. The maximum Gasteiger partial charge on any atom is 0.199 e. The Morgan fingerprint density at radius 2 is 2.12 bits per heavy atom. The normalized spacial score (nSPS) is 34.3. The number of aromatic nitrogens is 1. The van der Waals surface area contributed by atoms with E-state index in [-0.39, 0.29) is 23.8 Å². The lowest BCUT2D eigenvalue weighted by Crippen LogP contribution is -2.41. The molecule has 4 aliphatic rings. The molecule has 4 unspecified atom stereocenters. The van der Waals surface area contributed by atoms with Crippen molar-refractivity contribution in [3.8, 4) is 0 Å². The molecule has 0 radical (unpaired) electrons. The number of carbonyl (C=O) groups excluding carboxylic acids is 2. The van der Waals surface area contributed by atoms with Crippen LogP contribution >= 0.6 is 0 Å². The average Bonchev–Trinajstić information content (AvgIpc) is 3.13. The molecule has 0 bridgehead atoms. The average molecular weight is 345 g/mol. The molecule has 2 aliphatic carbocycles. The fraction of sp³-hybridized carbons (Fsp3) is 0.333. The lowest BCUT2D eigenvalue weighted by molar-refractivity contribution is -0.113. The van der Waals surface area contributed by atoms with Crippen LogP contribution in [0.4, 0.5) is 0 Å². The van der Waals surface area contributed by atoms with Crippen LogP contribution in [0.3, 0.4) is 0 Å². The molecule has 1 spiro atoms. The number of H-pyrrole nitrogens is 1. The molecular weight excluding hydrogens is 326 g/mol. The number of piperidine rings is 1. The van der Waals surface area contributed by atoms with Gasteiger partial charge in [0.15, 0.2) is 11.6 Å².